The summed E-state index contributed by atoms with van der Waals surface area (Å²) in [6, 6.07) is -0.767. The van der Waals surface area contributed by atoms with Crippen molar-refractivity contribution in [1.29, 1.82) is 0 Å². The van der Waals surface area contributed by atoms with Crippen LogP contribution in [-0.2, 0) is 9.59 Å². The predicted octanol–water partition coefficient (Wildman–Crippen LogP) is 1.12. The van der Waals surface area contributed by atoms with Crippen LogP contribution in [0.3, 0.4) is 0 Å². The van der Waals surface area contributed by atoms with Crippen molar-refractivity contribution in [3.05, 3.63) is 0 Å². The van der Waals surface area contributed by atoms with Crippen molar-refractivity contribution in [2.45, 2.75) is 52.0 Å². The highest BCUT2D eigenvalue weighted by Crippen LogP contribution is 2.14. The molecule has 0 rings (SSSR count). The zero-order chi connectivity index (χ0) is 13.3. The van der Waals surface area contributed by atoms with Crippen LogP contribution in [0.5, 0.6) is 0 Å². The normalized spacial score (nSPS) is 14.1. The number of hydrogen-bond donors (Lipinski definition) is 3. The Morgan fingerprint density at radius 1 is 1.24 bits per heavy atom. The van der Waals surface area contributed by atoms with E-state index in [9.17, 15) is 9.59 Å². The van der Waals surface area contributed by atoms with Gasteiger partial charge in [-0.05, 0) is 31.7 Å². The number of carboxylic acids is 1. The molecule has 0 aliphatic rings. The minimum atomic E-state index is -0.977. The van der Waals surface area contributed by atoms with Gasteiger partial charge in [-0.1, -0.05) is 20.3 Å². The molecule has 0 aliphatic heterocycles. The van der Waals surface area contributed by atoms with Gasteiger partial charge >= 0.3 is 5.97 Å². The first-order chi connectivity index (χ1) is 8.04. The zero-order valence-electron chi connectivity index (χ0n) is 10.7. The Bertz CT molecular complexity index is 244. The third-order valence-corrected chi connectivity index (χ3v) is 2.97. The van der Waals surface area contributed by atoms with Crippen molar-refractivity contribution in [3.63, 3.8) is 0 Å². The highest BCUT2D eigenvalue weighted by atomic mass is 16.4. The minimum Gasteiger partial charge on any atom is -0.480 e. The van der Waals surface area contributed by atoms with Crippen molar-refractivity contribution in [1.82, 2.24) is 5.32 Å². The van der Waals surface area contributed by atoms with Crippen LogP contribution in [0.2, 0.25) is 0 Å². The maximum Gasteiger partial charge on any atom is 0.326 e. The third-order valence-electron chi connectivity index (χ3n) is 2.97. The Hall–Kier alpha value is -1.10. The van der Waals surface area contributed by atoms with Gasteiger partial charge in [0.1, 0.15) is 6.04 Å². The fourth-order valence-electron chi connectivity index (χ4n) is 1.73. The van der Waals surface area contributed by atoms with E-state index in [0.29, 0.717) is 25.3 Å². The fourth-order valence-corrected chi connectivity index (χ4v) is 1.73. The van der Waals surface area contributed by atoms with E-state index in [-0.39, 0.29) is 5.91 Å². The number of rotatable bonds is 9. The number of aliphatic carboxylic acids is 1. The van der Waals surface area contributed by atoms with Crippen molar-refractivity contribution in [2.75, 3.05) is 6.54 Å². The number of amides is 1. The molecular weight excluding hydrogens is 220 g/mol. The highest BCUT2D eigenvalue weighted by molar-refractivity contribution is 5.83. The fraction of sp³-hybridized carbons (Fsp3) is 0.833. The molecule has 0 bridgehead atoms. The first-order valence-electron chi connectivity index (χ1n) is 6.27. The summed E-state index contributed by atoms with van der Waals surface area (Å²) in [5.41, 5.74) is 5.48. The molecule has 0 aromatic heterocycles. The lowest BCUT2D eigenvalue weighted by Gasteiger charge is -2.15. The average molecular weight is 244 g/mol. The molecule has 0 aliphatic carbocycles. The van der Waals surface area contributed by atoms with Crippen LogP contribution in [-0.4, -0.2) is 29.6 Å². The first-order valence-corrected chi connectivity index (χ1v) is 6.27. The molecule has 0 saturated carbocycles. The molecule has 0 fully saturated rings. The second-order valence-electron chi connectivity index (χ2n) is 4.26. The van der Waals surface area contributed by atoms with E-state index in [2.05, 4.69) is 12.2 Å². The molecule has 0 spiro atoms. The van der Waals surface area contributed by atoms with Gasteiger partial charge in [-0.25, -0.2) is 4.79 Å². The number of carbonyl (C=O) groups is 2. The average Bonchev–Trinajstić information content (AvgIpc) is 2.30. The Labute approximate surface area is 103 Å². The molecule has 17 heavy (non-hydrogen) atoms. The van der Waals surface area contributed by atoms with Gasteiger partial charge in [0.2, 0.25) is 5.91 Å². The van der Waals surface area contributed by atoms with E-state index in [1.54, 1.807) is 6.92 Å². The van der Waals surface area contributed by atoms with Crippen molar-refractivity contribution in [2.24, 2.45) is 11.7 Å². The summed E-state index contributed by atoms with van der Waals surface area (Å²) < 4.78 is 0. The number of carbonyl (C=O) groups excluding carboxylic acids is 1. The summed E-state index contributed by atoms with van der Waals surface area (Å²) in [5, 5.41) is 11.3. The molecule has 100 valence electrons. The van der Waals surface area contributed by atoms with Crippen molar-refractivity contribution < 1.29 is 14.7 Å². The van der Waals surface area contributed by atoms with Gasteiger partial charge in [0.05, 0.1) is 0 Å². The summed E-state index contributed by atoms with van der Waals surface area (Å²) in [6.07, 6.45) is 3.47. The van der Waals surface area contributed by atoms with E-state index >= 15 is 0 Å². The number of hydrogen-bond acceptors (Lipinski definition) is 3. The standard InChI is InChI=1S/C12H24N2O3/c1-3-9(7-8-13)5-6-11(15)14-10(4-2)12(16)17/h9-10H,3-8,13H2,1-2H3,(H,14,15)(H,16,17)/t9?,10-/m1/s1. The number of nitrogens with one attached hydrogen (secondary N) is 1. The quantitative estimate of drug-likeness (QED) is 0.566. The maximum absolute atomic E-state index is 11.5. The largest absolute Gasteiger partial charge is 0.480 e. The summed E-state index contributed by atoms with van der Waals surface area (Å²) in [5.74, 6) is -0.708. The van der Waals surface area contributed by atoms with Crippen LogP contribution in [0, 0.1) is 5.92 Å². The van der Waals surface area contributed by atoms with Gasteiger partial charge in [0, 0.05) is 6.42 Å². The van der Waals surface area contributed by atoms with Crippen LogP contribution in [0.4, 0.5) is 0 Å². The van der Waals surface area contributed by atoms with Crippen LogP contribution < -0.4 is 11.1 Å². The van der Waals surface area contributed by atoms with Gasteiger partial charge in [-0.3, -0.25) is 4.79 Å². The van der Waals surface area contributed by atoms with Gasteiger partial charge in [-0.2, -0.15) is 0 Å². The molecule has 0 saturated heterocycles. The van der Waals surface area contributed by atoms with E-state index in [4.69, 9.17) is 10.8 Å². The lowest BCUT2D eigenvalue weighted by Crippen LogP contribution is -2.40. The SMILES string of the molecule is CCC(CCN)CCC(=O)N[C@H](CC)C(=O)O. The number of carboxylic acid groups (broad SMARTS) is 1. The molecule has 1 unspecified atom stereocenters. The molecule has 2 atom stereocenters. The Balaban J connectivity index is 3.96. The van der Waals surface area contributed by atoms with Crippen LogP contribution in [0.15, 0.2) is 0 Å². The summed E-state index contributed by atoms with van der Waals surface area (Å²) in [7, 11) is 0. The smallest absolute Gasteiger partial charge is 0.326 e. The van der Waals surface area contributed by atoms with Gasteiger partial charge < -0.3 is 16.2 Å². The van der Waals surface area contributed by atoms with Crippen LogP contribution in [0.25, 0.3) is 0 Å². The van der Waals surface area contributed by atoms with Crippen LogP contribution in [0.1, 0.15) is 46.0 Å². The van der Waals surface area contributed by atoms with E-state index < -0.39 is 12.0 Å². The second-order valence-corrected chi connectivity index (χ2v) is 4.26. The molecule has 4 N–H and O–H groups in total. The molecule has 0 aromatic carbocycles. The monoisotopic (exact) mass is 244 g/mol. The topological polar surface area (TPSA) is 92.4 Å². The Kier molecular flexibility index (Phi) is 8.40. The van der Waals surface area contributed by atoms with Crippen molar-refractivity contribution >= 4 is 11.9 Å². The molecule has 1 amide bonds. The van der Waals surface area contributed by atoms with Gasteiger partial charge in [0.15, 0.2) is 0 Å². The molecule has 5 nitrogen and oxygen atoms in total. The molecule has 5 heteroatoms. The van der Waals surface area contributed by atoms with Crippen LogP contribution >= 0.6 is 0 Å². The zero-order valence-corrected chi connectivity index (χ0v) is 10.7. The number of nitrogens with two attached hydrogens (primary N) is 1. The predicted molar refractivity (Wildman–Crippen MR) is 66.5 cm³/mol. The van der Waals surface area contributed by atoms with Gasteiger partial charge in [-0.15, -0.1) is 0 Å². The van der Waals surface area contributed by atoms with E-state index in [0.717, 1.165) is 19.3 Å². The van der Waals surface area contributed by atoms with Crippen molar-refractivity contribution in [3.8, 4) is 0 Å². The molecule has 0 radical (unpaired) electrons. The Morgan fingerprint density at radius 2 is 1.88 bits per heavy atom. The van der Waals surface area contributed by atoms with E-state index in [1.165, 1.54) is 0 Å². The Morgan fingerprint density at radius 3 is 2.29 bits per heavy atom. The maximum atomic E-state index is 11.5. The van der Waals surface area contributed by atoms with E-state index in [1.807, 2.05) is 0 Å². The lowest BCUT2D eigenvalue weighted by molar-refractivity contribution is -0.141. The molecular formula is C12H24N2O3. The summed E-state index contributed by atoms with van der Waals surface area (Å²) in [6.45, 7) is 4.44. The third kappa shape index (κ3) is 6.94. The highest BCUT2D eigenvalue weighted by Gasteiger charge is 2.17. The van der Waals surface area contributed by atoms with Gasteiger partial charge in [0.25, 0.3) is 0 Å². The first kappa shape index (κ1) is 15.9. The minimum absolute atomic E-state index is 0.185. The molecule has 0 heterocycles. The summed E-state index contributed by atoms with van der Waals surface area (Å²) >= 11 is 0. The summed E-state index contributed by atoms with van der Waals surface area (Å²) in [4.78, 5) is 22.3. The second kappa shape index (κ2) is 8.98. The lowest BCUT2D eigenvalue weighted by atomic mass is 9.96. The molecule has 0 aromatic rings.